The Kier molecular flexibility index (Phi) is 5.09. The van der Waals surface area contributed by atoms with Gasteiger partial charge in [-0.05, 0) is 89.8 Å². The highest BCUT2D eigenvalue weighted by Gasteiger charge is 2.92. The molecule has 0 spiro atoms. The van der Waals surface area contributed by atoms with Crippen LogP contribution in [0.25, 0.3) is 0 Å². The van der Waals surface area contributed by atoms with Crippen LogP contribution in [0.1, 0.15) is 123 Å². The highest BCUT2D eigenvalue weighted by atomic mass is 16.6. The third-order valence-corrected chi connectivity index (χ3v) is 17.4. The monoisotopic (exact) mass is 498 g/mol. The standard InChI is InChI=1S/C34H58O2/c1-16-21-17-19(2)24-22-18-23(25(21)24)31(12,20(22)3)26(35)36-34(15)30(10,11)32(13)27(4,5)28(6,7)33(34,14)29(32,8)9/h19-25H,16-18H2,1-15H3. The Bertz CT molecular complexity index is 987. The molecule has 5 aliphatic rings. The predicted molar refractivity (Wildman–Crippen MR) is 149 cm³/mol. The Labute approximate surface area is 223 Å². The average Bonchev–Trinajstić information content (AvgIpc) is 3.43. The van der Waals surface area contributed by atoms with Gasteiger partial charge in [-0.2, -0.15) is 0 Å². The minimum Gasteiger partial charge on any atom is -0.458 e. The van der Waals surface area contributed by atoms with E-state index >= 15 is 0 Å². The van der Waals surface area contributed by atoms with Crippen molar-refractivity contribution in [2.75, 3.05) is 0 Å². The fraction of sp³-hybridized carbons (Fsp3) is 0.971. The van der Waals surface area contributed by atoms with E-state index in [1.54, 1.807) is 0 Å². The van der Waals surface area contributed by atoms with Gasteiger partial charge in [0.05, 0.1) is 5.41 Å². The minimum absolute atomic E-state index is 0.000762. The Morgan fingerprint density at radius 1 is 0.722 bits per heavy atom. The summed E-state index contributed by atoms with van der Waals surface area (Å²) < 4.78 is 7.20. The van der Waals surface area contributed by atoms with Crippen LogP contribution in [0.2, 0.25) is 0 Å². The quantitative estimate of drug-likeness (QED) is 0.363. The van der Waals surface area contributed by atoms with Crippen LogP contribution in [0.4, 0.5) is 0 Å². The molecule has 4 bridgehead atoms. The fourth-order valence-corrected chi connectivity index (χ4v) is 13.8. The van der Waals surface area contributed by atoms with Gasteiger partial charge in [0, 0.05) is 10.8 Å². The van der Waals surface area contributed by atoms with Crippen LogP contribution in [0, 0.1) is 79.3 Å². The maximum absolute atomic E-state index is 14.8. The maximum Gasteiger partial charge on any atom is 0.312 e. The zero-order valence-corrected chi connectivity index (χ0v) is 26.5. The van der Waals surface area contributed by atoms with Crippen LogP contribution < -0.4 is 0 Å². The van der Waals surface area contributed by atoms with Crippen molar-refractivity contribution in [2.24, 2.45) is 79.3 Å². The molecule has 206 valence electrons. The van der Waals surface area contributed by atoms with Gasteiger partial charge in [0.15, 0.2) is 0 Å². The van der Waals surface area contributed by atoms with E-state index in [1.807, 2.05) is 0 Å². The molecule has 2 nitrogen and oxygen atoms in total. The van der Waals surface area contributed by atoms with E-state index in [9.17, 15) is 4.79 Å². The number of carbonyl (C=O) groups is 1. The predicted octanol–water partition coefficient (Wildman–Crippen LogP) is 9.02. The smallest absolute Gasteiger partial charge is 0.312 e. The molecule has 0 saturated heterocycles. The van der Waals surface area contributed by atoms with Gasteiger partial charge in [-0.15, -0.1) is 0 Å². The Balaban J connectivity index is 1.59. The number of hydrogen-bond donors (Lipinski definition) is 0. The molecule has 0 heterocycles. The molecule has 0 aliphatic heterocycles. The summed E-state index contributed by atoms with van der Waals surface area (Å²) in [5.74, 6) is 4.81. The summed E-state index contributed by atoms with van der Waals surface area (Å²) in [6, 6.07) is 0. The molecule has 0 radical (unpaired) electrons. The zero-order valence-electron chi connectivity index (χ0n) is 26.5. The molecule has 0 aromatic rings. The number of esters is 1. The van der Waals surface area contributed by atoms with E-state index < -0.39 is 5.60 Å². The Morgan fingerprint density at radius 3 is 1.75 bits per heavy atom. The van der Waals surface area contributed by atoms with Crippen LogP contribution in [0.5, 0.6) is 0 Å². The van der Waals surface area contributed by atoms with E-state index in [0.717, 1.165) is 17.8 Å². The lowest BCUT2D eigenvalue weighted by Crippen LogP contribution is -2.68. The second kappa shape index (κ2) is 6.78. The summed E-state index contributed by atoms with van der Waals surface area (Å²) in [5.41, 5.74) is -1.15. The summed E-state index contributed by atoms with van der Waals surface area (Å²) in [7, 11) is 0. The molecule has 11 atom stereocenters. The van der Waals surface area contributed by atoms with Gasteiger partial charge >= 0.3 is 5.97 Å². The van der Waals surface area contributed by atoms with Crippen LogP contribution in [0.15, 0.2) is 0 Å². The molecule has 36 heavy (non-hydrogen) atoms. The van der Waals surface area contributed by atoms with Gasteiger partial charge in [-0.25, -0.2) is 0 Å². The molecular weight excluding hydrogens is 440 g/mol. The van der Waals surface area contributed by atoms with Gasteiger partial charge in [0.25, 0.3) is 0 Å². The molecule has 0 amide bonds. The van der Waals surface area contributed by atoms with Crippen molar-refractivity contribution in [3.8, 4) is 0 Å². The van der Waals surface area contributed by atoms with Crippen LogP contribution in [0.3, 0.4) is 0 Å². The van der Waals surface area contributed by atoms with E-state index in [1.165, 1.54) is 19.3 Å². The normalized spacial score (nSPS) is 56.7. The van der Waals surface area contributed by atoms with Crippen LogP contribution in [-0.2, 0) is 9.53 Å². The largest absolute Gasteiger partial charge is 0.458 e. The molecule has 5 fully saturated rings. The summed E-state index contributed by atoms with van der Waals surface area (Å²) in [6.45, 7) is 36.5. The molecule has 5 aliphatic carbocycles. The fourth-order valence-electron chi connectivity index (χ4n) is 13.8. The molecule has 11 unspecified atom stereocenters. The summed E-state index contributed by atoms with van der Waals surface area (Å²) in [6.07, 6.45) is 3.85. The van der Waals surface area contributed by atoms with Crippen LogP contribution in [-0.4, -0.2) is 11.6 Å². The number of hydrogen-bond acceptors (Lipinski definition) is 2. The third-order valence-electron chi connectivity index (χ3n) is 17.4. The number of ether oxygens (including phenoxy) is 1. The van der Waals surface area contributed by atoms with Gasteiger partial charge < -0.3 is 4.74 Å². The lowest BCUT2D eigenvalue weighted by molar-refractivity contribution is -0.263. The Hall–Kier alpha value is -0.530. The molecule has 0 aromatic heterocycles. The summed E-state index contributed by atoms with van der Waals surface area (Å²) in [5, 5.41) is 0. The van der Waals surface area contributed by atoms with E-state index in [2.05, 4.69) is 104 Å². The SMILES string of the molecule is CCC1CC(C)C2C3CC(C12)C(C)(C(=O)OC1(C)C(C)(C)C2(C)C(C)(C)C(C)(C)C1(C)C2(C)C)C3C. The topological polar surface area (TPSA) is 26.3 Å². The zero-order chi connectivity index (χ0) is 27.4. The van der Waals surface area contributed by atoms with Crippen molar-refractivity contribution in [2.45, 2.75) is 129 Å². The molecular formula is C34H58O2. The van der Waals surface area contributed by atoms with Crippen molar-refractivity contribution in [3.05, 3.63) is 0 Å². The molecule has 0 N–H and O–H groups in total. The second-order valence-corrected chi connectivity index (χ2v) is 17.3. The maximum atomic E-state index is 14.8. The molecule has 0 aromatic carbocycles. The first-order valence-electron chi connectivity index (χ1n) is 15.3. The van der Waals surface area contributed by atoms with Gasteiger partial charge in [-0.1, -0.05) is 96.4 Å². The molecule has 5 saturated carbocycles. The first kappa shape index (κ1) is 27.1. The van der Waals surface area contributed by atoms with Crippen molar-refractivity contribution in [1.82, 2.24) is 0 Å². The molecule has 5 rings (SSSR count). The first-order valence-corrected chi connectivity index (χ1v) is 15.3. The summed E-state index contributed by atoms with van der Waals surface area (Å²) >= 11 is 0. The van der Waals surface area contributed by atoms with Crippen molar-refractivity contribution in [1.29, 1.82) is 0 Å². The second-order valence-electron chi connectivity index (χ2n) is 17.3. The van der Waals surface area contributed by atoms with Gasteiger partial charge in [-0.3, -0.25) is 4.79 Å². The van der Waals surface area contributed by atoms with E-state index in [-0.39, 0.29) is 43.9 Å². The Morgan fingerprint density at radius 2 is 1.25 bits per heavy atom. The van der Waals surface area contributed by atoms with Crippen molar-refractivity contribution in [3.63, 3.8) is 0 Å². The van der Waals surface area contributed by atoms with Gasteiger partial charge in [0.2, 0.25) is 0 Å². The molecule has 2 heteroatoms. The lowest BCUT2D eigenvalue weighted by Gasteiger charge is -2.67. The van der Waals surface area contributed by atoms with Crippen LogP contribution >= 0.6 is 0 Å². The highest BCUT2D eigenvalue weighted by Crippen LogP contribution is 2.92. The van der Waals surface area contributed by atoms with Gasteiger partial charge in [0.1, 0.15) is 5.60 Å². The number of fused-ring (bicyclic) bond motifs is 7. The highest BCUT2D eigenvalue weighted by molar-refractivity contribution is 5.79. The summed E-state index contributed by atoms with van der Waals surface area (Å²) in [4.78, 5) is 14.8. The van der Waals surface area contributed by atoms with E-state index in [4.69, 9.17) is 4.74 Å². The lowest BCUT2D eigenvalue weighted by atomic mass is 9.40. The minimum atomic E-state index is -0.550. The first-order chi connectivity index (χ1) is 16.1. The van der Waals surface area contributed by atoms with E-state index in [0.29, 0.717) is 23.7 Å². The van der Waals surface area contributed by atoms with Crippen molar-refractivity contribution < 1.29 is 9.53 Å². The average molecular weight is 499 g/mol. The third kappa shape index (κ3) is 2.14. The number of carbonyl (C=O) groups excluding carboxylic acids is 1. The van der Waals surface area contributed by atoms with Crippen molar-refractivity contribution >= 4 is 5.97 Å². The number of rotatable bonds is 3.